The number of benzene rings is 1. The lowest BCUT2D eigenvalue weighted by molar-refractivity contribution is -0.116. The Morgan fingerprint density at radius 3 is 2.62 bits per heavy atom. The van der Waals surface area contributed by atoms with Crippen LogP contribution in [0.1, 0.15) is 5.56 Å². The van der Waals surface area contributed by atoms with E-state index in [1.807, 2.05) is 0 Å². The highest BCUT2D eigenvalue weighted by molar-refractivity contribution is 9.10. The first-order valence-corrected chi connectivity index (χ1v) is 7.09. The molecule has 0 aliphatic rings. The number of carbonyl (C=O) groups is 1. The summed E-state index contributed by atoms with van der Waals surface area (Å²) in [6.45, 7) is 1.68. The Balaban J connectivity index is 2.09. The van der Waals surface area contributed by atoms with Crippen LogP contribution in [0.3, 0.4) is 0 Å². The number of ether oxygens (including phenoxy) is 1. The molecule has 0 saturated carbocycles. The molecule has 2 aromatic rings. The Bertz CT molecular complexity index is 708. The SMILES string of the molecule is COc1ccc(NC(=O)Cn2cc(Br)cc(C)c2=O)cc1. The van der Waals surface area contributed by atoms with Crippen LogP contribution in [0.25, 0.3) is 0 Å². The van der Waals surface area contributed by atoms with Crippen LogP contribution >= 0.6 is 15.9 Å². The van der Waals surface area contributed by atoms with Gasteiger partial charge in [-0.15, -0.1) is 0 Å². The van der Waals surface area contributed by atoms with E-state index in [-0.39, 0.29) is 18.0 Å². The summed E-state index contributed by atoms with van der Waals surface area (Å²) < 4.78 is 7.18. The van der Waals surface area contributed by atoms with Crippen LogP contribution < -0.4 is 15.6 Å². The van der Waals surface area contributed by atoms with Crippen LogP contribution in [0.2, 0.25) is 0 Å². The summed E-state index contributed by atoms with van der Waals surface area (Å²) in [5, 5.41) is 2.74. The summed E-state index contributed by atoms with van der Waals surface area (Å²) in [7, 11) is 1.58. The summed E-state index contributed by atoms with van der Waals surface area (Å²) in [4.78, 5) is 23.9. The van der Waals surface area contributed by atoms with Crippen molar-refractivity contribution in [3.05, 3.63) is 56.9 Å². The van der Waals surface area contributed by atoms with Crippen molar-refractivity contribution in [2.24, 2.45) is 0 Å². The van der Waals surface area contributed by atoms with Crippen molar-refractivity contribution in [1.29, 1.82) is 0 Å². The summed E-state index contributed by atoms with van der Waals surface area (Å²) in [6, 6.07) is 8.72. The second-order valence-electron chi connectivity index (χ2n) is 4.55. The topological polar surface area (TPSA) is 60.3 Å². The van der Waals surface area contributed by atoms with E-state index in [2.05, 4.69) is 21.2 Å². The third kappa shape index (κ3) is 3.95. The van der Waals surface area contributed by atoms with Crippen molar-refractivity contribution in [1.82, 2.24) is 4.57 Å². The lowest BCUT2D eigenvalue weighted by Crippen LogP contribution is -2.28. The second kappa shape index (κ2) is 6.58. The Hall–Kier alpha value is -2.08. The predicted octanol–water partition coefficient (Wildman–Crippen LogP) is 2.57. The molecule has 2 rings (SSSR count). The van der Waals surface area contributed by atoms with E-state index in [1.54, 1.807) is 50.6 Å². The minimum Gasteiger partial charge on any atom is -0.497 e. The third-order valence-corrected chi connectivity index (χ3v) is 3.35. The monoisotopic (exact) mass is 350 g/mol. The fraction of sp³-hybridized carbons (Fsp3) is 0.200. The van der Waals surface area contributed by atoms with Gasteiger partial charge in [0.05, 0.1) is 7.11 Å². The van der Waals surface area contributed by atoms with Crippen LogP contribution in [0.5, 0.6) is 5.75 Å². The van der Waals surface area contributed by atoms with E-state index in [0.29, 0.717) is 17.0 Å². The van der Waals surface area contributed by atoms with Gasteiger partial charge in [-0.3, -0.25) is 9.59 Å². The standard InChI is InChI=1S/C15H15BrN2O3/c1-10-7-11(16)8-18(15(10)20)9-14(19)17-12-3-5-13(21-2)6-4-12/h3-8H,9H2,1-2H3,(H,17,19). The van der Waals surface area contributed by atoms with E-state index < -0.39 is 0 Å². The number of amides is 1. The molecule has 0 saturated heterocycles. The first kappa shape index (κ1) is 15.3. The van der Waals surface area contributed by atoms with Crippen LogP contribution in [0.4, 0.5) is 5.69 Å². The Kier molecular flexibility index (Phi) is 4.80. The highest BCUT2D eigenvalue weighted by Crippen LogP contribution is 2.15. The molecule has 1 N–H and O–H groups in total. The number of aromatic nitrogens is 1. The minimum atomic E-state index is -0.264. The molecule has 110 valence electrons. The zero-order chi connectivity index (χ0) is 15.4. The van der Waals surface area contributed by atoms with Crippen molar-refractivity contribution in [3.8, 4) is 5.75 Å². The van der Waals surface area contributed by atoms with E-state index in [9.17, 15) is 9.59 Å². The van der Waals surface area contributed by atoms with Crippen molar-refractivity contribution in [3.63, 3.8) is 0 Å². The molecule has 1 aromatic heterocycles. The molecule has 5 nitrogen and oxygen atoms in total. The fourth-order valence-corrected chi connectivity index (χ4v) is 2.48. The smallest absolute Gasteiger partial charge is 0.253 e. The van der Waals surface area contributed by atoms with Gasteiger partial charge in [0.25, 0.3) is 5.56 Å². The lowest BCUT2D eigenvalue weighted by Gasteiger charge is -2.09. The van der Waals surface area contributed by atoms with Gasteiger partial charge in [0.1, 0.15) is 12.3 Å². The first-order chi connectivity index (χ1) is 9.99. The molecule has 1 heterocycles. The van der Waals surface area contributed by atoms with Gasteiger partial charge in [0.15, 0.2) is 0 Å². The number of halogens is 1. The number of nitrogens with zero attached hydrogens (tertiary/aromatic N) is 1. The largest absolute Gasteiger partial charge is 0.497 e. The Labute approximate surface area is 130 Å². The fourth-order valence-electron chi connectivity index (χ4n) is 1.89. The van der Waals surface area contributed by atoms with Crippen molar-refractivity contribution >= 4 is 27.5 Å². The van der Waals surface area contributed by atoms with E-state index >= 15 is 0 Å². The molecule has 0 aliphatic heterocycles. The molecule has 0 radical (unpaired) electrons. The van der Waals surface area contributed by atoms with Gasteiger partial charge in [-0.05, 0) is 53.2 Å². The highest BCUT2D eigenvalue weighted by atomic mass is 79.9. The molecular formula is C15H15BrN2O3. The second-order valence-corrected chi connectivity index (χ2v) is 5.47. The van der Waals surface area contributed by atoms with E-state index in [4.69, 9.17) is 4.74 Å². The molecule has 0 atom stereocenters. The molecule has 1 amide bonds. The van der Waals surface area contributed by atoms with Gasteiger partial charge in [-0.25, -0.2) is 0 Å². The normalized spacial score (nSPS) is 10.2. The van der Waals surface area contributed by atoms with Gasteiger partial charge in [0, 0.05) is 21.9 Å². The average Bonchev–Trinajstić information content (AvgIpc) is 2.45. The maximum atomic E-state index is 12.0. The number of anilines is 1. The van der Waals surface area contributed by atoms with Gasteiger partial charge >= 0.3 is 0 Å². The van der Waals surface area contributed by atoms with Crippen LogP contribution in [0.15, 0.2) is 45.8 Å². The number of hydrogen-bond acceptors (Lipinski definition) is 3. The van der Waals surface area contributed by atoms with Gasteiger partial charge < -0.3 is 14.6 Å². The highest BCUT2D eigenvalue weighted by Gasteiger charge is 2.07. The van der Waals surface area contributed by atoms with Crippen molar-refractivity contribution in [2.75, 3.05) is 12.4 Å². The molecule has 0 fully saturated rings. The molecule has 0 spiro atoms. The number of methoxy groups -OCH3 is 1. The van der Waals surface area contributed by atoms with E-state index in [0.717, 1.165) is 4.47 Å². The first-order valence-electron chi connectivity index (χ1n) is 6.30. The van der Waals surface area contributed by atoms with Crippen LogP contribution in [-0.4, -0.2) is 17.6 Å². The summed E-state index contributed by atoms with van der Waals surface area (Å²) >= 11 is 3.31. The van der Waals surface area contributed by atoms with E-state index in [1.165, 1.54) is 4.57 Å². The number of carbonyl (C=O) groups excluding carboxylic acids is 1. The maximum Gasteiger partial charge on any atom is 0.253 e. The molecule has 1 aromatic carbocycles. The zero-order valence-electron chi connectivity index (χ0n) is 11.7. The predicted molar refractivity (Wildman–Crippen MR) is 84.8 cm³/mol. The lowest BCUT2D eigenvalue weighted by atomic mass is 10.3. The van der Waals surface area contributed by atoms with Gasteiger partial charge in [0.2, 0.25) is 5.91 Å². The van der Waals surface area contributed by atoms with Gasteiger partial charge in [-0.1, -0.05) is 0 Å². The number of rotatable bonds is 4. The van der Waals surface area contributed by atoms with Crippen molar-refractivity contribution < 1.29 is 9.53 Å². The molecule has 0 bridgehead atoms. The third-order valence-electron chi connectivity index (χ3n) is 2.92. The Morgan fingerprint density at radius 2 is 2.00 bits per heavy atom. The zero-order valence-corrected chi connectivity index (χ0v) is 13.3. The molecule has 0 aliphatic carbocycles. The Morgan fingerprint density at radius 1 is 1.33 bits per heavy atom. The molecule has 6 heteroatoms. The molecule has 21 heavy (non-hydrogen) atoms. The van der Waals surface area contributed by atoms with Crippen molar-refractivity contribution in [2.45, 2.75) is 13.5 Å². The summed E-state index contributed by atoms with van der Waals surface area (Å²) in [5.41, 5.74) is 1.06. The summed E-state index contributed by atoms with van der Waals surface area (Å²) in [6.07, 6.45) is 1.60. The number of pyridine rings is 1. The molecular weight excluding hydrogens is 336 g/mol. The van der Waals surface area contributed by atoms with Crippen LogP contribution in [-0.2, 0) is 11.3 Å². The number of aryl methyl sites for hydroxylation is 1. The maximum absolute atomic E-state index is 12.0. The van der Waals surface area contributed by atoms with Gasteiger partial charge in [-0.2, -0.15) is 0 Å². The average molecular weight is 351 g/mol. The minimum absolute atomic E-state index is 0.0366. The quantitative estimate of drug-likeness (QED) is 0.921. The van der Waals surface area contributed by atoms with Crippen LogP contribution in [0, 0.1) is 6.92 Å². The number of hydrogen-bond donors (Lipinski definition) is 1. The number of nitrogens with one attached hydrogen (secondary N) is 1. The molecule has 0 unspecified atom stereocenters. The summed E-state index contributed by atoms with van der Waals surface area (Å²) in [5.74, 6) is 0.451.